The van der Waals surface area contributed by atoms with E-state index >= 15 is 0 Å². The Balaban J connectivity index is 2.74. The lowest BCUT2D eigenvalue weighted by Crippen LogP contribution is -2.43. The highest BCUT2D eigenvalue weighted by Gasteiger charge is 2.41. The molecule has 1 fully saturated rings. The zero-order valence-electron chi connectivity index (χ0n) is 10.6. The fourth-order valence-electron chi connectivity index (χ4n) is 1.66. The molecule has 4 nitrogen and oxygen atoms in total. The summed E-state index contributed by atoms with van der Waals surface area (Å²) in [7, 11) is -3.06. The van der Waals surface area contributed by atoms with Crippen molar-refractivity contribution in [3.8, 4) is 0 Å². The molecule has 5 heteroatoms. The Bertz CT molecular complexity index is 321. The monoisotopic (exact) mass is 248 g/mol. The average molecular weight is 248 g/mol. The van der Waals surface area contributed by atoms with Crippen molar-refractivity contribution in [3.05, 3.63) is 0 Å². The predicted octanol–water partition coefficient (Wildman–Crippen LogP) is 1.18. The standard InChI is InChI=1S/C11H24N2O2S/c1-4-7-13(9-11(2,3)8-12)16(14,15)10-5-6-10/h10H,4-9,12H2,1-3H3. The summed E-state index contributed by atoms with van der Waals surface area (Å²) in [6.07, 6.45) is 2.50. The number of rotatable bonds is 7. The maximum absolute atomic E-state index is 12.2. The first-order valence-electron chi connectivity index (χ1n) is 6.02. The molecule has 0 aliphatic heterocycles. The molecule has 0 aromatic heterocycles. The topological polar surface area (TPSA) is 63.4 Å². The van der Waals surface area contributed by atoms with Crippen molar-refractivity contribution in [1.82, 2.24) is 4.31 Å². The van der Waals surface area contributed by atoms with E-state index in [1.807, 2.05) is 20.8 Å². The minimum atomic E-state index is -3.06. The number of nitrogens with zero attached hydrogens (tertiary/aromatic N) is 1. The van der Waals surface area contributed by atoms with Gasteiger partial charge in [-0.25, -0.2) is 12.7 Å². The number of hydrogen-bond donors (Lipinski definition) is 1. The second kappa shape index (κ2) is 5.02. The summed E-state index contributed by atoms with van der Waals surface area (Å²) in [6, 6.07) is 0. The molecule has 96 valence electrons. The highest BCUT2D eigenvalue weighted by Crippen LogP contribution is 2.32. The third kappa shape index (κ3) is 3.43. The molecule has 1 rings (SSSR count). The molecular formula is C11H24N2O2S. The van der Waals surface area contributed by atoms with Crippen molar-refractivity contribution in [1.29, 1.82) is 0 Å². The third-order valence-corrected chi connectivity index (χ3v) is 5.28. The maximum atomic E-state index is 12.2. The van der Waals surface area contributed by atoms with Gasteiger partial charge >= 0.3 is 0 Å². The summed E-state index contributed by atoms with van der Waals surface area (Å²) >= 11 is 0. The van der Waals surface area contributed by atoms with Gasteiger partial charge in [0.25, 0.3) is 0 Å². The molecule has 0 bridgehead atoms. The van der Waals surface area contributed by atoms with Gasteiger partial charge < -0.3 is 5.73 Å². The lowest BCUT2D eigenvalue weighted by molar-refractivity contribution is 0.266. The van der Waals surface area contributed by atoms with E-state index in [0.29, 0.717) is 19.6 Å². The van der Waals surface area contributed by atoms with Crippen LogP contribution in [0.3, 0.4) is 0 Å². The molecule has 1 saturated carbocycles. The summed E-state index contributed by atoms with van der Waals surface area (Å²) in [5.74, 6) is 0. The smallest absolute Gasteiger partial charge is 0.216 e. The van der Waals surface area contributed by atoms with Crippen molar-refractivity contribution in [2.45, 2.75) is 45.3 Å². The highest BCUT2D eigenvalue weighted by molar-refractivity contribution is 7.90. The molecule has 0 aromatic carbocycles. The summed E-state index contributed by atoms with van der Waals surface area (Å²) in [4.78, 5) is 0. The van der Waals surface area contributed by atoms with Crippen molar-refractivity contribution >= 4 is 10.0 Å². The minimum absolute atomic E-state index is 0.118. The number of nitrogens with two attached hydrogens (primary N) is 1. The summed E-state index contributed by atoms with van der Waals surface area (Å²) in [6.45, 7) is 7.69. The van der Waals surface area contributed by atoms with Crippen LogP contribution < -0.4 is 5.73 Å². The molecule has 1 aliphatic carbocycles. The van der Waals surface area contributed by atoms with E-state index in [2.05, 4.69) is 0 Å². The molecule has 0 unspecified atom stereocenters. The second-order valence-electron chi connectivity index (χ2n) is 5.45. The molecule has 0 heterocycles. The van der Waals surface area contributed by atoms with Gasteiger partial charge in [-0.05, 0) is 31.2 Å². The molecule has 0 saturated heterocycles. The molecule has 16 heavy (non-hydrogen) atoms. The zero-order valence-corrected chi connectivity index (χ0v) is 11.4. The first-order chi connectivity index (χ1) is 7.33. The first-order valence-corrected chi connectivity index (χ1v) is 7.53. The third-order valence-electron chi connectivity index (χ3n) is 2.94. The average Bonchev–Trinajstić information content (AvgIpc) is 3.00. The molecule has 0 spiro atoms. The number of sulfonamides is 1. The van der Waals surface area contributed by atoms with Gasteiger partial charge in [0.2, 0.25) is 10.0 Å². The zero-order chi connectivity index (χ0) is 12.4. The summed E-state index contributed by atoms with van der Waals surface area (Å²) < 4.78 is 26.0. The molecule has 1 aliphatic rings. The fraction of sp³-hybridized carbons (Fsp3) is 1.00. The maximum Gasteiger partial charge on any atom is 0.216 e. The predicted molar refractivity (Wildman–Crippen MR) is 66.6 cm³/mol. The highest BCUT2D eigenvalue weighted by atomic mass is 32.2. The van der Waals surface area contributed by atoms with Crippen LogP contribution >= 0.6 is 0 Å². The van der Waals surface area contributed by atoms with Crippen LogP contribution in [0.2, 0.25) is 0 Å². The normalized spacial score (nSPS) is 18.1. The Morgan fingerprint density at radius 1 is 1.38 bits per heavy atom. The SMILES string of the molecule is CCCN(CC(C)(C)CN)S(=O)(=O)C1CC1. The van der Waals surface area contributed by atoms with Gasteiger partial charge in [0.1, 0.15) is 0 Å². The summed E-state index contributed by atoms with van der Waals surface area (Å²) in [5, 5.41) is -0.118. The first kappa shape index (κ1) is 13.9. The van der Waals surface area contributed by atoms with Gasteiger partial charge in [-0.1, -0.05) is 20.8 Å². The van der Waals surface area contributed by atoms with E-state index in [0.717, 1.165) is 19.3 Å². The van der Waals surface area contributed by atoms with Crippen molar-refractivity contribution < 1.29 is 8.42 Å². The molecular weight excluding hydrogens is 224 g/mol. The van der Waals surface area contributed by atoms with Gasteiger partial charge in [0.15, 0.2) is 0 Å². The van der Waals surface area contributed by atoms with E-state index in [9.17, 15) is 8.42 Å². The molecule has 2 N–H and O–H groups in total. The molecule has 0 atom stereocenters. The van der Waals surface area contributed by atoms with Gasteiger partial charge in [0.05, 0.1) is 5.25 Å². The van der Waals surface area contributed by atoms with E-state index in [-0.39, 0.29) is 10.7 Å². The van der Waals surface area contributed by atoms with Crippen LogP contribution in [0.4, 0.5) is 0 Å². The summed E-state index contributed by atoms with van der Waals surface area (Å²) in [5.41, 5.74) is 5.52. The van der Waals surface area contributed by atoms with Crippen LogP contribution in [0.15, 0.2) is 0 Å². The fourth-order valence-corrected chi connectivity index (χ4v) is 3.78. The van der Waals surface area contributed by atoms with E-state index < -0.39 is 10.0 Å². The Kier molecular flexibility index (Phi) is 4.37. The van der Waals surface area contributed by atoms with Crippen molar-refractivity contribution in [2.24, 2.45) is 11.1 Å². The van der Waals surface area contributed by atoms with Crippen LogP contribution in [-0.2, 0) is 10.0 Å². The Morgan fingerprint density at radius 2 is 1.94 bits per heavy atom. The van der Waals surface area contributed by atoms with Crippen LogP contribution in [0, 0.1) is 5.41 Å². The van der Waals surface area contributed by atoms with Crippen LogP contribution in [0.1, 0.15) is 40.0 Å². The van der Waals surface area contributed by atoms with Gasteiger partial charge in [-0.3, -0.25) is 0 Å². The minimum Gasteiger partial charge on any atom is -0.330 e. The van der Waals surface area contributed by atoms with Crippen molar-refractivity contribution in [2.75, 3.05) is 19.6 Å². The Labute approximate surface area is 99.2 Å². The number of hydrogen-bond acceptors (Lipinski definition) is 3. The quantitative estimate of drug-likeness (QED) is 0.736. The van der Waals surface area contributed by atoms with Gasteiger partial charge in [0, 0.05) is 13.1 Å². The largest absolute Gasteiger partial charge is 0.330 e. The van der Waals surface area contributed by atoms with Crippen molar-refractivity contribution in [3.63, 3.8) is 0 Å². The Morgan fingerprint density at radius 3 is 2.31 bits per heavy atom. The molecule has 0 amide bonds. The van der Waals surface area contributed by atoms with E-state index in [4.69, 9.17) is 5.73 Å². The molecule has 0 aromatic rings. The van der Waals surface area contributed by atoms with E-state index in [1.54, 1.807) is 4.31 Å². The lowest BCUT2D eigenvalue weighted by atomic mass is 9.94. The molecule has 0 radical (unpaired) electrons. The van der Waals surface area contributed by atoms with Crippen LogP contribution in [-0.4, -0.2) is 37.6 Å². The second-order valence-corrected chi connectivity index (χ2v) is 7.66. The van der Waals surface area contributed by atoms with E-state index in [1.165, 1.54) is 0 Å². The van der Waals surface area contributed by atoms with Crippen LogP contribution in [0.25, 0.3) is 0 Å². The lowest BCUT2D eigenvalue weighted by Gasteiger charge is -2.31. The van der Waals surface area contributed by atoms with Gasteiger partial charge in [-0.2, -0.15) is 0 Å². The Hall–Kier alpha value is -0.130. The van der Waals surface area contributed by atoms with Gasteiger partial charge in [-0.15, -0.1) is 0 Å². The van der Waals surface area contributed by atoms with Crippen LogP contribution in [0.5, 0.6) is 0 Å².